The largest absolute Gasteiger partial charge is 0.240 e. The van der Waals surface area contributed by atoms with Gasteiger partial charge in [-0.1, -0.05) is 29.8 Å². The predicted molar refractivity (Wildman–Crippen MR) is 73.6 cm³/mol. The highest BCUT2D eigenvalue weighted by Gasteiger charge is 1.94. The number of azo groups is 1. The summed E-state index contributed by atoms with van der Waals surface area (Å²) in [6, 6.07) is 15.6. The monoisotopic (exact) mass is 256 g/mol. The molecule has 0 N–H and O–H groups in total. The minimum absolute atomic E-state index is 0.423. The molecule has 0 atom stereocenters. The molecule has 0 aliphatic carbocycles. The summed E-state index contributed by atoms with van der Waals surface area (Å²) in [5.74, 6) is 0. The molecule has 0 bridgehead atoms. The van der Waals surface area contributed by atoms with Crippen molar-refractivity contribution in [3.8, 4) is 0 Å². The Hall–Kier alpha value is -2.04. The first-order chi connectivity index (χ1) is 9.28. The molecule has 0 unspecified atom stereocenters. The van der Waals surface area contributed by atoms with Crippen LogP contribution < -0.4 is 0 Å². The lowest BCUT2D eigenvalue weighted by atomic mass is 10.2. The Bertz CT molecular complexity index is 533. The maximum atomic E-state index is 4.85. The van der Waals surface area contributed by atoms with Crippen molar-refractivity contribution < 1.29 is 9.78 Å². The van der Waals surface area contributed by atoms with Gasteiger partial charge >= 0.3 is 0 Å². The number of benzene rings is 2. The fourth-order valence-electron chi connectivity index (χ4n) is 1.51. The Morgan fingerprint density at radius 1 is 0.842 bits per heavy atom. The Balaban J connectivity index is 2.00. The highest BCUT2D eigenvalue weighted by Crippen LogP contribution is 2.19. The van der Waals surface area contributed by atoms with E-state index in [0.29, 0.717) is 6.61 Å². The molecule has 0 saturated heterocycles. The SMILES string of the molecule is COOCc1ccc(N=Nc2ccc(C)cc2)cc1. The standard InChI is InChI=1S/C15H16N2O2/c1-12-3-7-14(8-4-12)16-17-15-9-5-13(6-10-15)11-19-18-2/h3-10H,11H2,1-2H3. The van der Waals surface area contributed by atoms with E-state index < -0.39 is 0 Å². The molecule has 2 rings (SSSR count). The van der Waals surface area contributed by atoms with Crippen molar-refractivity contribution in [2.75, 3.05) is 7.11 Å². The van der Waals surface area contributed by atoms with Crippen molar-refractivity contribution in [1.82, 2.24) is 0 Å². The maximum absolute atomic E-state index is 4.85. The number of hydrogen-bond acceptors (Lipinski definition) is 4. The average molecular weight is 256 g/mol. The molecule has 98 valence electrons. The van der Waals surface area contributed by atoms with E-state index in [1.54, 1.807) is 0 Å². The number of hydrogen-bond donors (Lipinski definition) is 0. The smallest absolute Gasteiger partial charge is 0.107 e. The van der Waals surface area contributed by atoms with Gasteiger partial charge in [-0.2, -0.15) is 10.2 Å². The Labute approximate surface area is 112 Å². The normalized spacial score (nSPS) is 11.1. The Morgan fingerprint density at radius 3 is 1.89 bits per heavy atom. The van der Waals surface area contributed by atoms with Crippen LogP contribution in [0.15, 0.2) is 58.8 Å². The quantitative estimate of drug-likeness (QED) is 0.449. The Kier molecular flexibility index (Phi) is 4.78. The average Bonchev–Trinajstić information content (AvgIpc) is 2.46. The lowest BCUT2D eigenvalue weighted by molar-refractivity contribution is -0.282. The van der Waals surface area contributed by atoms with Gasteiger partial charge in [0.1, 0.15) is 6.61 Å². The van der Waals surface area contributed by atoms with Crippen LogP contribution in [0.5, 0.6) is 0 Å². The van der Waals surface area contributed by atoms with Gasteiger partial charge in [0, 0.05) is 0 Å². The zero-order valence-corrected chi connectivity index (χ0v) is 11.0. The summed E-state index contributed by atoms with van der Waals surface area (Å²) >= 11 is 0. The topological polar surface area (TPSA) is 43.2 Å². The molecule has 0 aliphatic heterocycles. The van der Waals surface area contributed by atoms with Crippen LogP contribution >= 0.6 is 0 Å². The van der Waals surface area contributed by atoms with Crippen LogP contribution in [0.4, 0.5) is 11.4 Å². The summed E-state index contributed by atoms with van der Waals surface area (Å²) in [6.45, 7) is 2.47. The van der Waals surface area contributed by atoms with Gasteiger partial charge in [0.15, 0.2) is 0 Å². The minimum atomic E-state index is 0.423. The molecule has 2 aromatic carbocycles. The number of aryl methyl sites for hydroxylation is 1. The number of nitrogens with zero attached hydrogens (tertiary/aromatic N) is 2. The summed E-state index contributed by atoms with van der Waals surface area (Å²) in [5.41, 5.74) is 3.89. The lowest BCUT2D eigenvalue weighted by Crippen LogP contribution is -1.89. The van der Waals surface area contributed by atoms with Crippen LogP contribution in [0.3, 0.4) is 0 Å². The van der Waals surface area contributed by atoms with Crippen LogP contribution in [0.25, 0.3) is 0 Å². The van der Waals surface area contributed by atoms with Crippen LogP contribution in [0, 0.1) is 6.92 Å². The van der Waals surface area contributed by atoms with E-state index in [9.17, 15) is 0 Å². The molecular formula is C15H16N2O2. The van der Waals surface area contributed by atoms with Crippen LogP contribution in [-0.2, 0) is 16.4 Å². The van der Waals surface area contributed by atoms with Crippen LogP contribution in [-0.4, -0.2) is 7.11 Å². The molecular weight excluding hydrogens is 240 g/mol. The molecule has 4 nitrogen and oxygen atoms in total. The maximum Gasteiger partial charge on any atom is 0.107 e. The summed E-state index contributed by atoms with van der Waals surface area (Å²) < 4.78 is 0. The van der Waals surface area contributed by atoms with Gasteiger partial charge in [-0.15, -0.1) is 0 Å². The molecule has 0 heterocycles. The first-order valence-corrected chi connectivity index (χ1v) is 6.01. The van der Waals surface area contributed by atoms with Crippen LogP contribution in [0.1, 0.15) is 11.1 Å². The van der Waals surface area contributed by atoms with E-state index in [4.69, 9.17) is 4.89 Å². The van der Waals surface area contributed by atoms with Crippen molar-refractivity contribution >= 4 is 11.4 Å². The zero-order chi connectivity index (χ0) is 13.5. The van der Waals surface area contributed by atoms with E-state index in [0.717, 1.165) is 16.9 Å². The van der Waals surface area contributed by atoms with Crippen molar-refractivity contribution in [3.05, 3.63) is 59.7 Å². The molecule has 0 amide bonds. The molecule has 0 spiro atoms. The fraction of sp³-hybridized carbons (Fsp3) is 0.200. The summed E-state index contributed by atoms with van der Waals surface area (Å²) in [4.78, 5) is 9.39. The molecule has 4 heteroatoms. The highest BCUT2D eigenvalue weighted by atomic mass is 17.2. The van der Waals surface area contributed by atoms with E-state index in [-0.39, 0.29) is 0 Å². The van der Waals surface area contributed by atoms with Gasteiger partial charge in [-0.05, 0) is 36.8 Å². The van der Waals surface area contributed by atoms with E-state index in [1.165, 1.54) is 12.7 Å². The molecule has 0 aliphatic rings. The van der Waals surface area contributed by atoms with Crippen molar-refractivity contribution in [3.63, 3.8) is 0 Å². The van der Waals surface area contributed by atoms with Crippen LogP contribution in [0.2, 0.25) is 0 Å². The molecule has 0 fully saturated rings. The molecule has 0 saturated carbocycles. The summed E-state index contributed by atoms with van der Waals surface area (Å²) in [6.07, 6.45) is 0. The zero-order valence-electron chi connectivity index (χ0n) is 11.0. The third kappa shape index (κ3) is 4.28. The predicted octanol–water partition coefficient (Wildman–Crippen LogP) is 4.49. The minimum Gasteiger partial charge on any atom is -0.240 e. The van der Waals surface area contributed by atoms with Gasteiger partial charge in [0.25, 0.3) is 0 Å². The molecule has 0 aromatic heterocycles. The Morgan fingerprint density at radius 2 is 1.37 bits per heavy atom. The van der Waals surface area contributed by atoms with Gasteiger partial charge in [0.2, 0.25) is 0 Å². The third-order valence-corrected chi connectivity index (χ3v) is 2.59. The second kappa shape index (κ2) is 6.78. The molecule has 0 radical (unpaired) electrons. The van der Waals surface area contributed by atoms with Crippen molar-refractivity contribution in [2.24, 2.45) is 10.2 Å². The van der Waals surface area contributed by atoms with Gasteiger partial charge < -0.3 is 0 Å². The first-order valence-electron chi connectivity index (χ1n) is 6.01. The van der Waals surface area contributed by atoms with Crippen molar-refractivity contribution in [2.45, 2.75) is 13.5 Å². The second-order valence-corrected chi connectivity index (χ2v) is 4.13. The number of rotatable bonds is 5. The molecule has 19 heavy (non-hydrogen) atoms. The lowest BCUT2D eigenvalue weighted by Gasteiger charge is -2.00. The second-order valence-electron chi connectivity index (χ2n) is 4.13. The van der Waals surface area contributed by atoms with E-state index in [2.05, 4.69) is 15.1 Å². The van der Waals surface area contributed by atoms with E-state index in [1.807, 2.05) is 55.5 Å². The summed E-state index contributed by atoms with van der Waals surface area (Å²) in [5, 5.41) is 8.36. The third-order valence-electron chi connectivity index (χ3n) is 2.59. The van der Waals surface area contributed by atoms with Gasteiger partial charge in [-0.3, -0.25) is 0 Å². The van der Waals surface area contributed by atoms with E-state index >= 15 is 0 Å². The van der Waals surface area contributed by atoms with Crippen molar-refractivity contribution in [1.29, 1.82) is 0 Å². The van der Waals surface area contributed by atoms with Gasteiger partial charge in [-0.25, -0.2) is 9.78 Å². The fourth-order valence-corrected chi connectivity index (χ4v) is 1.51. The van der Waals surface area contributed by atoms with Gasteiger partial charge in [0.05, 0.1) is 18.5 Å². The summed E-state index contributed by atoms with van der Waals surface area (Å²) in [7, 11) is 1.49. The first kappa shape index (κ1) is 13.4. The highest BCUT2D eigenvalue weighted by molar-refractivity contribution is 5.41. The molecule has 2 aromatic rings.